The Morgan fingerprint density at radius 1 is 1.11 bits per heavy atom. The van der Waals surface area contributed by atoms with Gasteiger partial charge in [0.1, 0.15) is 0 Å². The summed E-state index contributed by atoms with van der Waals surface area (Å²) >= 11 is 0. The molecule has 8 heteroatoms. The molecule has 2 N–H and O–H groups in total. The van der Waals surface area contributed by atoms with Crippen molar-refractivity contribution in [2.45, 2.75) is 20.3 Å². The fourth-order valence-electron chi connectivity index (χ4n) is 2.91. The number of hydrogen-bond acceptors (Lipinski definition) is 6. The minimum absolute atomic E-state index is 0.0694. The molecule has 1 amide bonds. The van der Waals surface area contributed by atoms with Crippen LogP contribution in [0.25, 0.3) is 16.7 Å². The molecule has 142 valence electrons. The van der Waals surface area contributed by atoms with E-state index in [1.807, 2.05) is 36.4 Å². The van der Waals surface area contributed by atoms with Crippen LogP contribution < -0.4 is 10.6 Å². The van der Waals surface area contributed by atoms with Gasteiger partial charge >= 0.3 is 0 Å². The van der Waals surface area contributed by atoms with E-state index in [0.717, 1.165) is 23.1 Å². The summed E-state index contributed by atoms with van der Waals surface area (Å²) in [5, 5.41) is 18.1. The van der Waals surface area contributed by atoms with E-state index >= 15 is 0 Å². The van der Waals surface area contributed by atoms with Gasteiger partial charge < -0.3 is 10.6 Å². The highest BCUT2D eigenvalue weighted by Crippen LogP contribution is 2.22. The third kappa shape index (κ3) is 3.62. The van der Waals surface area contributed by atoms with Crippen molar-refractivity contribution in [1.29, 1.82) is 0 Å². The second kappa shape index (κ2) is 7.59. The van der Waals surface area contributed by atoms with E-state index in [1.165, 1.54) is 0 Å². The molecular formula is C20H21N7O. The van der Waals surface area contributed by atoms with Crippen LogP contribution in [0.2, 0.25) is 0 Å². The Bertz CT molecular complexity index is 1120. The number of carbonyl (C=O) groups is 1. The maximum Gasteiger partial charge on any atom is 0.251 e. The molecule has 2 heterocycles. The lowest BCUT2D eigenvalue weighted by molar-refractivity contribution is 0.0952. The van der Waals surface area contributed by atoms with Gasteiger partial charge in [-0.2, -0.15) is 4.52 Å². The number of amides is 1. The van der Waals surface area contributed by atoms with Crippen molar-refractivity contribution in [3.05, 3.63) is 54.1 Å². The summed E-state index contributed by atoms with van der Waals surface area (Å²) in [7, 11) is 0. The van der Waals surface area contributed by atoms with E-state index in [4.69, 9.17) is 0 Å². The van der Waals surface area contributed by atoms with Crippen LogP contribution in [-0.4, -0.2) is 37.5 Å². The van der Waals surface area contributed by atoms with Gasteiger partial charge in [-0.25, -0.2) is 4.98 Å². The Labute approximate surface area is 162 Å². The molecule has 0 fully saturated rings. The topological polar surface area (TPSA) is 97.1 Å². The molecule has 0 saturated carbocycles. The predicted octanol–water partition coefficient (Wildman–Crippen LogP) is 3.19. The molecule has 0 atom stereocenters. The van der Waals surface area contributed by atoms with Gasteiger partial charge in [0.25, 0.3) is 5.91 Å². The Kier molecular flexibility index (Phi) is 4.84. The largest absolute Gasteiger partial charge is 0.352 e. The number of benzene rings is 2. The summed E-state index contributed by atoms with van der Waals surface area (Å²) in [6.45, 7) is 4.94. The zero-order valence-electron chi connectivity index (χ0n) is 15.8. The van der Waals surface area contributed by atoms with Crippen LogP contribution in [-0.2, 0) is 0 Å². The molecule has 0 aliphatic rings. The molecule has 0 saturated heterocycles. The van der Waals surface area contributed by atoms with Gasteiger partial charge in [0, 0.05) is 17.8 Å². The molecule has 8 nitrogen and oxygen atoms in total. The van der Waals surface area contributed by atoms with Crippen molar-refractivity contribution in [3.8, 4) is 0 Å². The molecule has 0 aliphatic carbocycles. The molecule has 0 aliphatic heterocycles. The lowest BCUT2D eigenvalue weighted by atomic mass is 10.1. The molecule has 4 rings (SSSR count). The monoisotopic (exact) mass is 375 g/mol. The lowest BCUT2D eigenvalue weighted by Gasteiger charge is -2.10. The van der Waals surface area contributed by atoms with E-state index in [0.29, 0.717) is 29.5 Å². The predicted molar refractivity (Wildman–Crippen MR) is 108 cm³/mol. The highest BCUT2D eigenvalue weighted by atomic mass is 16.1. The zero-order chi connectivity index (χ0) is 19.5. The number of hydrogen-bond donors (Lipinski definition) is 2. The summed E-state index contributed by atoms with van der Waals surface area (Å²) < 4.78 is 1.65. The number of para-hydroxylation sites is 2. The van der Waals surface area contributed by atoms with Crippen molar-refractivity contribution in [2.24, 2.45) is 5.92 Å². The Morgan fingerprint density at radius 2 is 1.89 bits per heavy atom. The Balaban J connectivity index is 1.54. The van der Waals surface area contributed by atoms with Crippen LogP contribution >= 0.6 is 0 Å². The molecule has 0 radical (unpaired) electrons. The number of nitrogens with one attached hydrogen (secondary N) is 2. The summed E-state index contributed by atoms with van der Waals surface area (Å²) in [4.78, 5) is 16.8. The number of anilines is 2. The summed E-state index contributed by atoms with van der Waals surface area (Å²) in [5.74, 6) is 1.04. The van der Waals surface area contributed by atoms with Gasteiger partial charge in [0.15, 0.2) is 5.82 Å². The number of aromatic nitrogens is 5. The lowest BCUT2D eigenvalue weighted by Crippen LogP contribution is -2.25. The number of nitrogens with zero attached hydrogens (tertiary/aromatic N) is 5. The average molecular weight is 375 g/mol. The first-order chi connectivity index (χ1) is 13.6. The molecule has 0 bridgehead atoms. The molecule has 2 aromatic heterocycles. The fraction of sp³-hybridized carbons (Fsp3) is 0.250. The van der Waals surface area contributed by atoms with Crippen molar-refractivity contribution in [1.82, 2.24) is 30.3 Å². The first-order valence-electron chi connectivity index (χ1n) is 9.24. The number of fused-ring (bicyclic) bond motifs is 3. The van der Waals surface area contributed by atoms with Gasteiger partial charge in [-0.05, 0) is 59.2 Å². The van der Waals surface area contributed by atoms with Crippen LogP contribution in [0.3, 0.4) is 0 Å². The van der Waals surface area contributed by atoms with Crippen molar-refractivity contribution in [2.75, 3.05) is 11.9 Å². The SMILES string of the molecule is CC(C)CCNC(=O)c1ccc(Nc2nc3ccccc3n3nnnc23)cc1. The van der Waals surface area contributed by atoms with Gasteiger partial charge in [0.05, 0.1) is 11.0 Å². The van der Waals surface area contributed by atoms with Gasteiger partial charge in [-0.1, -0.05) is 26.0 Å². The zero-order valence-corrected chi connectivity index (χ0v) is 15.8. The minimum atomic E-state index is -0.0694. The number of rotatable bonds is 6. The van der Waals surface area contributed by atoms with Crippen molar-refractivity contribution >= 4 is 34.1 Å². The smallest absolute Gasteiger partial charge is 0.251 e. The fourth-order valence-corrected chi connectivity index (χ4v) is 2.91. The van der Waals surface area contributed by atoms with Crippen LogP contribution in [0.1, 0.15) is 30.6 Å². The molecule has 0 unspecified atom stereocenters. The third-order valence-corrected chi connectivity index (χ3v) is 4.44. The van der Waals surface area contributed by atoms with Crippen molar-refractivity contribution < 1.29 is 4.79 Å². The maximum absolute atomic E-state index is 12.2. The highest BCUT2D eigenvalue weighted by Gasteiger charge is 2.12. The van der Waals surface area contributed by atoms with Crippen LogP contribution in [0.4, 0.5) is 11.5 Å². The Morgan fingerprint density at radius 3 is 2.68 bits per heavy atom. The van der Waals surface area contributed by atoms with E-state index in [2.05, 4.69) is 45.0 Å². The molecule has 28 heavy (non-hydrogen) atoms. The van der Waals surface area contributed by atoms with Crippen LogP contribution in [0, 0.1) is 5.92 Å². The quantitative estimate of drug-likeness (QED) is 0.537. The van der Waals surface area contributed by atoms with Gasteiger partial charge in [0.2, 0.25) is 5.65 Å². The van der Waals surface area contributed by atoms with E-state index in [1.54, 1.807) is 16.6 Å². The molecular weight excluding hydrogens is 354 g/mol. The average Bonchev–Trinajstić information content (AvgIpc) is 3.19. The normalized spacial score (nSPS) is 11.2. The second-order valence-electron chi connectivity index (χ2n) is 7.00. The van der Waals surface area contributed by atoms with E-state index in [9.17, 15) is 4.79 Å². The Hall–Kier alpha value is -3.55. The minimum Gasteiger partial charge on any atom is -0.352 e. The molecule has 4 aromatic rings. The summed E-state index contributed by atoms with van der Waals surface area (Å²) in [5.41, 5.74) is 3.57. The van der Waals surface area contributed by atoms with E-state index < -0.39 is 0 Å². The molecule has 2 aromatic carbocycles. The number of carbonyl (C=O) groups excluding carboxylic acids is 1. The standard InChI is InChI=1S/C20H21N7O/c1-13(2)11-12-21-20(28)14-7-9-15(10-8-14)22-18-19-24-25-26-27(19)17-6-4-3-5-16(17)23-18/h3-10,13H,11-12H2,1-2H3,(H,21,28)(H,22,23). The maximum atomic E-state index is 12.2. The highest BCUT2D eigenvalue weighted by molar-refractivity contribution is 5.94. The first kappa shape index (κ1) is 17.8. The number of tetrazole rings is 1. The van der Waals surface area contributed by atoms with Crippen LogP contribution in [0.15, 0.2) is 48.5 Å². The summed E-state index contributed by atoms with van der Waals surface area (Å²) in [6.07, 6.45) is 0.960. The van der Waals surface area contributed by atoms with E-state index in [-0.39, 0.29) is 5.91 Å². The molecule has 0 spiro atoms. The van der Waals surface area contributed by atoms with Crippen LogP contribution in [0.5, 0.6) is 0 Å². The second-order valence-corrected chi connectivity index (χ2v) is 7.00. The summed E-state index contributed by atoms with van der Waals surface area (Å²) in [6, 6.07) is 14.9. The van der Waals surface area contributed by atoms with Crippen molar-refractivity contribution in [3.63, 3.8) is 0 Å². The van der Waals surface area contributed by atoms with Gasteiger partial charge in [-0.3, -0.25) is 4.79 Å². The van der Waals surface area contributed by atoms with Gasteiger partial charge in [-0.15, -0.1) is 5.10 Å². The third-order valence-electron chi connectivity index (χ3n) is 4.44. The first-order valence-corrected chi connectivity index (χ1v) is 9.24.